The highest BCUT2D eigenvalue weighted by atomic mass is 79.9. The summed E-state index contributed by atoms with van der Waals surface area (Å²) in [6.45, 7) is 0.0963. The Morgan fingerprint density at radius 1 is 1.19 bits per heavy atom. The van der Waals surface area contributed by atoms with E-state index in [1.165, 1.54) is 12.1 Å². The van der Waals surface area contributed by atoms with E-state index in [1.807, 2.05) is 30.3 Å². The number of rotatable bonds is 4. The van der Waals surface area contributed by atoms with Crippen molar-refractivity contribution in [1.82, 2.24) is 4.98 Å². The molecule has 0 aliphatic heterocycles. The molecule has 0 saturated heterocycles. The minimum atomic E-state index is -1.24. The number of carboxylic acid groups (broad SMARTS) is 1. The summed E-state index contributed by atoms with van der Waals surface area (Å²) >= 11 is 3.07. The average molecular weight is 351 g/mol. The van der Waals surface area contributed by atoms with Crippen molar-refractivity contribution in [3.63, 3.8) is 0 Å². The highest BCUT2D eigenvalue weighted by Gasteiger charge is 2.15. The quantitative estimate of drug-likeness (QED) is 0.826. The van der Waals surface area contributed by atoms with Crippen molar-refractivity contribution >= 4 is 33.7 Å². The van der Waals surface area contributed by atoms with Gasteiger partial charge in [-0.3, -0.25) is 5.32 Å². The Morgan fingerprint density at radius 2 is 1.90 bits per heavy atom. The first-order valence-electron chi connectivity index (χ1n) is 5.94. The van der Waals surface area contributed by atoms with E-state index < -0.39 is 12.1 Å². The number of aromatic carboxylic acids is 1. The van der Waals surface area contributed by atoms with Crippen molar-refractivity contribution in [2.24, 2.45) is 0 Å². The number of nitrogens with zero attached hydrogens (tertiary/aromatic N) is 1. The lowest BCUT2D eigenvalue weighted by atomic mass is 10.2. The van der Waals surface area contributed by atoms with Crippen LogP contribution in [0.15, 0.2) is 47.1 Å². The van der Waals surface area contributed by atoms with Gasteiger partial charge in [0.15, 0.2) is 5.69 Å². The van der Waals surface area contributed by atoms with Gasteiger partial charge in [0.1, 0.15) is 11.2 Å². The van der Waals surface area contributed by atoms with Crippen LogP contribution < -0.4 is 5.32 Å². The lowest BCUT2D eigenvalue weighted by molar-refractivity contribution is 0.0691. The van der Waals surface area contributed by atoms with Gasteiger partial charge in [-0.05, 0) is 33.6 Å². The van der Waals surface area contributed by atoms with Crippen LogP contribution in [0.4, 0.5) is 10.5 Å². The van der Waals surface area contributed by atoms with Crippen LogP contribution in [0, 0.1) is 0 Å². The van der Waals surface area contributed by atoms with Gasteiger partial charge >= 0.3 is 12.1 Å². The van der Waals surface area contributed by atoms with E-state index in [4.69, 9.17) is 9.84 Å². The zero-order valence-corrected chi connectivity index (χ0v) is 12.3. The van der Waals surface area contributed by atoms with Crippen molar-refractivity contribution in [3.8, 4) is 0 Å². The highest BCUT2D eigenvalue weighted by Crippen LogP contribution is 2.17. The number of benzene rings is 1. The summed E-state index contributed by atoms with van der Waals surface area (Å²) in [5.41, 5.74) is 0.643. The number of halogens is 1. The maximum atomic E-state index is 11.7. The number of nitrogens with one attached hydrogen (secondary N) is 1. The van der Waals surface area contributed by atoms with Crippen molar-refractivity contribution in [1.29, 1.82) is 0 Å². The van der Waals surface area contributed by atoms with E-state index in [0.29, 0.717) is 4.60 Å². The molecule has 2 aromatic rings. The molecule has 0 fully saturated rings. The molecule has 108 valence electrons. The Morgan fingerprint density at radius 3 is 2.57 bits per heavy atom. The molecule has 6 nitrogen and oxygen atoms in total. The van der Waals surface area contributed by atoms with Crippen LogP contribution in [0.2, 0.25) is 0 Å². The SMILES string of the molecule is O=C(Nc1ccc(Br)nc1C(=O)O)OCc1ccccc1. The van der Waals surface area contributed by atoms with E-state index in [9.17, 15) is 9.59 Å². The number of hydrogen-bond donors (Lipinski definition) is 2. The van der Waals surface area contributed by atoms with Crippen molar-refractivity contribution in [3.05, 3.63) is 58.3 Å². The number of hydrogen-bond acceptors (Lipinski definition) is 4. The molecular formula is C14H11BrN2O4. The number of anilines is 1. The Labute approximate surface area is 128 Å². The molecule has 1 heterocycles. The second kappa shape index (κ2) is 6.85. The molecular weight excluding hydrogens is 340 g/mol. The third-order valence-corrected chi connectivity index (χ3v) is 2.95. The number of carboxylic acids is 1. The molecule has 2 N–H and O–H groups in total. The molecule has 0 aliphatic carbocycles. The molecule has 0 radical (unpaired) electrons. The van der Waals surface area contributed by atoms with E-state index in [-0.39, 0.29) is 18.0 Å². The molecule has 0 spiro atoms. The normalized spacial score (nSPS) is 9.95. The molecule has 7 heteroatoms. The fourth-order valence-corrected chi connectivity index (χ4v) is 1.88. The van der Waals surface area contributed by atoms with Crippen LogP contribution in [0.25, 0.3) is 0 Å². The third kappa shape index (κ3) is 4.28. The number of carbonyl (C=O) groups excluding carboxylic acids is 1. The Bertz CT molecular complexity index is 661. The van der Waals surface area contributed by atoms with E-state index in [1.54, 1.807) is 0 Å². The maximum absolute atomic E-state index is 11.7. The second-order valence-corrected chi connectivity index (χ2v) is 4.83. The molecule has 2 rings (SSSR count). The first-order valence-corrected chi connectivity index (χ1v) is 6.73. The van der Waals surface area contributed by atoms with Gasteiger partial charge in [0.05, 0.1) is 5.69 Å². The largest absolute Gasteiger partial charge is 0.476 e. The fraction of sp³-hybridized carbons (Fsp3) is 0.0714. The molecule has 0 saturated carbocycles. The summed E-state index contributed by atoms with van der Waals surface area (Å²) in [6, 6.07) is 12.1. The number of pyridine rings is 1. The third-order valence-electron chi connectivity index (χ3n) is 2.51. The zero-order chi connectivity index (χ0) is 15.2. The molecule has 21 heavy (non-hydrogen) atoms. The molecule has 1 aromatic heterocycles. The van der Waals surface area contributed by atoms with Gasteiger partial charge in [-0.2, -0.15) is 0 Å². The van der Waals surface area contributed by atoms with Crippen LogP contribution >= 0.6 is 15.9 Å². The molecule has 1 aromatic carbocycles. The Balaban J connectivity index is 2.01. The van der Waals surface area contributed by atoms with E-state index >= 15 is 0 Å². The van der Waals surface area contributed by atoms with Gasteiger partial charge in [-0.1, -0.05) is 30.3 Å². The second-order valence-electron chi connectivity index (χ2n) is 4.02. The monoisotopic (exact) mass is 350 g/mol. The molecule has 0 unspecified atom stereocenters. The van der Waals surface area contributed by atoms with Crippen molar-refractivity contribution < 1.29 is 19.4 Å². The molecule has 0 aliphatic rings. The van der Waals surface area contributed by atoms with Gasteiger partial charge in [-0.25, -0.2) is 14.6 Å². The van der Waals surface area contributed by atoms with Crippen molar-refractivity contribution in [2.75, 3.05) is 5.32 Å². The van der Waals surface area contributed by atoms with E-state index in [2.05, 4.69) is 26.2 Å². The van der Waals surface area contributed by atoms with Crippen LogP contribution in [-0.2, 0) is 11.3 Å². The van der Waals surface area contributed by atoms with Crippen molar-refractivity contribution in [2.45, 2.75) is 6.61 Å². The highest BCUT2D eigenvalue weighted by molar-refractivity contribution is 9.10. The van der Waals surface area contributed by atoms with Gasteiger partial charge in [-0.15, -0.1) is 0 Å². The number of amides is 1. The van der Waals surface area contributed by atoms with Gasteiger partial charge in [0, 0.05) is 0 Å². The van der Waals surface area contributed by atoms with E-state index in [0.717, 1.165) is 5.56 Å². The topological polar surface area (TPSA) is 88.5 Å². The molecule has 0 atom stereocenters. The number of carbonyl (C=O) groups is 2. The zero-order valence-electron chi connectivity index (χ0n) is 10.7. The van der Waals surface area contributed by atoms with Crippen LogP contribution in [0.5, 0.6) is 0 Å². The number of aromatic nitrogens is 1. The molecule has 0 bridgehead atoms. The Hall–Kier alpha value is -2.41. The smallest absolute Gasteiger partial charge is 0.412 e. The molecule has 1 amide bonds. The summed E-state index contributed by atoms with van der Waals surface area (Å²) in [4.78, 5) is 26.5. The fourth-order valence-electron chi connectivity index (χ4n) is 1.57. The Kier molecular flexibility index (Phi) is 4.89. The van der Waals surface area contributed by atoms with Crippen LogP contribution in [-0.4, -0.2) is 22.2 Å². The summed E-state index contributed by atoms with van der Waals surface area (Å²) < 4.78 is 5.38. The van der Waals surface area contributed by atoms with Gasteiger partial charge in [0.2, 0.25) is 0 Å². The maximum Gasteiger partial charge on any atom is 0.412 e. The predicted molar refractivity (Wildman–Crippen MR) is 79.1 cm³/mol. The minimum Gasteiger partial charge on any atom is -0.476 e. The van der Waals surface area contributed by atoms with Gasteiger partial charge < -0.3 is 9.84 Å². The standard InChI is InChI=1S/C14H11BrN2O4/c15-11-7-6-10(12(17-11)13(18)19)16-14(20)21-8-9-4-2-1-3-5-9/h1-7H,8H2,(H,16,20)(H,18,19). The summed E-state index contributed by atoms with van der Waals surface area (Å²) in [5, 5.41) is 11.4. The number of ether oxygens (including phenoxy) is 1. The van der Waals surface area contributed by atoms with Crippen LogP contribution in [0.3, 0.4) is 0 Å². The minimum absolute atomic E-state index is 0.0729. The first-order chi connectivity index (χ1) is 10.1. The first kappa shape index (κ1) is 15.0. The van der Waals surface area contributed by atoms with Crippen LogP contribution in [0.1, 0.15) is 16.1 Å². The average Bonchev–Trinajstić information content (AvgIpc) is 2.48. The predicted octanol–water partition coefficient (Wildman–Crippen LogP) is 3.29. The summed E-state index contributed by atoms with van der Waals surface area (Å²) in [5.74, 6) is -1.24. The lowest BCUT2D eigenvalue weighted by Crippen LogP contribution is -2.17. The summed E-state index contributed by atoms with van der Waals surface area (Å²) in [7, 11) is 0. The lowest BCUT2D eigenvalue weighted by Gasteiger charge is -2.09. The summed E-state index contributed by atoms with van der Waals surface area (Å²) in [6.07, 6.45) is -0.745. The van der Waals surface area contributed by atoms with Gasteiger partial charge in [0.25, 0.3) is 0 Å².